The van der Waals surface area contributed by atoms with Crippen molar-refractivity contribution >= 4 is 45.3 Å². The molecule has 8 rings (SSSR count). The lowest BCUT2D eigenvalue weighted by Gasteiger charge is -2.53. The van der Waals surface area contributed by atoms with Gasteiger partial charge in [-0.1, -0.05) is 127 Å². The smallest absolute Gasteiger partial charge is 0.130 e. The molecule has 0 amide bonds. The van der Waals surface area contributed by atoms with E-state index in [2.05, 4.69) is 258 Å². The van der Waals surface area contributed by atoms with Crippen molar-refractivity contribution in [2.24, 2.45) is 21.7 Å². The van der Waals surface area contributed by atoms with Crippen molar-refractivity contribution in [1.82, 2.24) is 28.9 Å². The van der Waals surface area contributed by atoms with Gasteiger partial charge < -0.3 is 9.13 Å². The van der Waals surface area contributed by atoms with Gasteiger partial charge in [0.2, 0.25) is 0 Å². The van der Waals surface area contributed by atoms with Crippen LogP contribution in [0.25, 0.3) is 22.1 Å². The molecule has 2 aromatic heterocycles. The van der Waals surface area contributed by atoms with Crippen molar-refractivity contribution in [3.05, 3.63) is 130 Å². The van der Waals surface area contributed by atoms with E-state index in [1.54, 1.807) is 0 Å². The van der Waals surface area contributed by atoms with E-state index in [9.17, 15) is 0 Å². The molecule has 0 N–H and O–H groups in total. The third kappa shape index (κ3) is 7.27. The van der Waals surface area contributed by atoms with Gasteiger partial charge in [0.1, 0.15) is 11.6 Å². The zero-order valence-corrected chi connectivity index (χ0v) is 49.2. The van der Waals surface area contributed by atoms with Gasteiger partial charge in [-0.05, 0) is 192 Å². The molecule has 4 heterocycles. The van der Waals surface area contributed by atoms with E-state index in [4.69, 9.17) is 33.2 Å². The third-order valence-electron chi connectivity index (χ3n) is 21.0. The summed E-state index contributed by atoms with van der Waals surface area (Å²) in [5.41, 5.74) is 5.45. The van der Waals surface area contributed by atoms with Crippen molar-refractivity contribution in [2.45, 2.75) is 210 Å². The molecule has 70 heavy (non-hydrogen) atoms. The number of aromatic nitrogens is 4. The number of likely N-dealkylation sites (tertiary alicyclic amines) is 2. The van der Waals surface area contributed by atoms with Crippen LogP contribution in [-0.4, -0.2) is 51.1 Å². The molecule has 0 atom stereocenters. The summed E-state index contributed by atoms with van der Waals surface area (Å²) in [6.07, 6.45) is 0. The van der Waals surface area contributed by atoms with Gasteiger partial charge in [0, 0.05) is 32.2 Å². The van der Waals surface area contributed by atoms with Gasteiger partial charge in [-0.15, -0.1) is 0 Å². The number of rotatable bonds is 8. The highest BCUT2D eigenvalue weighted by Gasteiger charge is 2.71. The lowest BCUT2D eigenvalue weighted by molar-refractivity contribution is -0.0536. The van der Waals surface area contributed by atoms with E-state index in [0.717, 1.165) is 43.8 Å². The summed E-state index contributed by atoms with van der Waals surface area (Å²) in [6.45, 7) is 57.5. The zero-order chi connectivity index (χ0) is 52.8. The molecule has 0 bridgehead atoms. The first-order chi connectivity index (χ1) is 31.7. The largest absolute Gasteiger partial charge is 0.317 e. The molecule has 380 valence electrons. The summed E-state index contributed by atoms with van der Waals surface area (Å²) in [6, 6.07) is 33.6. The van der Waals surface area contributed by atoms with Crippen molar-refractivity contribution in [3.63, 3.8) is 0 Å². The maximum Gasteiger partial charge on any atom is 0.130 e. The van der Waals surface area contributed by atoms with E-state index in [0.29, 0.717) is 0 Å². The second-order valence-corrected chi connectivity index (χ2v) is 28.0. The van der Waals surface area contributed by atoms with Crippen molar-refractivity contribution in [3.8, 4) is 0 Å². The fourth-order valence-corrected chi connectivity index (χ4v) is 14.8. The Morgan fingerprint density at radius 1 is 0.343 bits per heavy atom. The van der Waals surface area contributed by atoms with Gasteiger partial charge >= 0.3 is 0 Å². The van der Waals surface area contributed by atoms with Crippen LogP contribution in [-0.2, 0) is 22.2 Å². The van der Waals surface area contributed by atoms with Gasteiger partial charge in [0.25, 0.3) is 0 Å². The first-order valence-corrected chi connectivity index (χ1v) is 26.5. The Bertz CT molecular complexity index is 2660. The minimum Gasteiger partial charge on any atom is -0.317 e. The van der Waals surface area contributed by atoms with E-state index < -0.39 is 0 Å². The van der Waals surface area contributed by atoms with Gasteiger partial charge in [0.05, 0.1) is 44.2 Å². The number of benzene rings is 4. The zero-order valence-electron chi connectivity index (χ0n) is 47.7. The molecular weight excluding hydrogens is 900 g/mol. The Morgan fingerprint density at radius 2 is 0.586 bits per heavy atom. The molecule has 2 aliphatic rings. The highest BCUT2D eigenvalue weighted by Crippen LogP contribution is 2.68. The molecule has 6 aromatic rings. The second kappa shape index (κ2) is 16.4. The monoisotopic (exact) mass is 987 g/mol. The predicted octanol–water partition coefficient (Wildman–Crippen LogP) is 17.3. The van der Waals surface area contributed by atoms with Gasteiger partial charge in [-0.25, -0.2) is 9.97 Å². The van der Waals surface area contributed by atoms with E-state index in [-0.39, 0.29) is 66.0 Å². The summed E-state index contributed by atoms with van der Waals surface area (Å²) >= 11 is 12.5. The fraction of sp³-hybridized carbons (Fsp3) is 0.581. The number of hydrogen-bond donors (Lipinski definition) is 0. The van der Waals surface area contributed by atoms with E-state index in [1.807, 2.05) is 24.3 Å². The first kappa shape index (κ1) is 54.1. The van der Waals surface area contributed by atoms with Crippen LogP contribution in [0.1, 0.15) is 189 Å². The van der Waals surface area contributed by atoms with Gasteiger partial charge in [-0.3, -0.25) is 9.80 Å². The molecule has 2 saturated heterocycles. The molecule has 4 aromatic carbocycles. The van der Waals surface area contributed by atoms with Crippen LogP contribution in [0.15, 0.2) is 97.1 Å². The first-order valence-electron chi connectivity index (χ1n) is 25.8. The maximum atomic E-state index is 6.26. The van der Waals surface area contributed by atoms with Gasteiger partial charge in [-0.2, -0.15) is 0 Å². The van der Waals surface area contributed by atoms with Crippen LogP contribution in [0.5, 0.6) is 0 Å². The van der Waals surface area contributed by atoms with Gasteiger partial charge in [0.15, 0.2) is 0 Å². The lowest BCUT2D eigenvalue weighted by Crippen LogP contribution is -2.61. The molecule has 6 nitrogen and oxygen atoms in total. The molecule has 0 unspecified atom stereocenters. The maximum absolute atomic E-state index is 6.26. The minimum absolute atomic E-state index is 0.0725. The Hall–Kier alpha value is -3.68. The summed E-state index contributed by atoms with van der Waals surface area (Å²) in [7, 11) is 0. The summed E-state index contributed by atoms with van der Waals surface area (Å²) in [5.74, 6) is 2.18. The van der Waals surface area contributed by atoms with E-state index >= 15 is 0 Å². The molecule has 0 aliphatic carbocycles. The third-order valence-corrected chi connectivity index (χ3v) is 21.5. The molecule has 8 heteroatoms. The summed E-state index contributed by atoms with van der Waals surface area (Å²) < 4.78 is 4.94. The summed E-state index contributed by atoms with van der Waals surface area (Å²) in [4.78, 5) is 16.2. The molecule has 0 radical (unpaired) electrons. The molecule has 0 spiro atoms. The Kier molecular flexibility index (Phi) is 12.7. The SMILES string of the molecule is CC(C)(c1nc2ccccc2n1C(C)(C)c1ccc(Cl)cc1)N1C(C)(C)C(C)(C)C(C)(C)C1(C)C.CC(C)(c1nc2ccccc2n1C(C)(C)c1ccc(Cl)cc1)N1C(C)(C)C(C)(C)C(C)(C)C1(C)C. The number of nitrogens with zero attached hydrogens (tertiary/aromatic N) is 6. The highest BCUT2D eigenvalue weighted by molar-refractivity contribution is 6.30. The normalized spacial score (nSPS) is 21.5. The van der Waals surface area contributed by atoms with Crippen LogP contribution < -0.4 is 0 Å². The van der Waals surface area contributed by atoms with Crippen LogP contribution in [0.2, 0.25) is 10.0 Å². The quantitative estimate of drug-likeness (QED) is 0.152. The van der Waals surface area contributed by atoms with Crippen LogP contribution in [0.4, 0.5) is 0 Å². The number of hydrogen-bond acceptors (Lipinski definition) is 4. The Labute approximate surface area is 434 Å². The van der Waals surface area contributed by atoms with Crippen LogP contribution in [0.3, 0.4) is 0 Å². The standard InChI is InChI=1S/2C31H44ClN3/c2*1-26(2,21-17-19-22(32)20-18-21)34-24-16-14-13-15-23(24)33-25(34)27(3,4)35-30(9,10)28(5,6)29(7,8)31(35,11)12/h2*13-20H,1-12H3. The molecule has 2 aliphatic heterocycles. The fourth-order valence-electron chi connectivity index (χ4n) is 14.5. The average molecular weight is 988 g/mol. The molecule has 0 saturated carbocycles. The predicted molar refractivity (Wildman–Crippen MR) is 300 cm³/mol. The number of halogens is 2. The molecular formula is C62H88Cl2N6. The topological polar surface area (TPSA) is 42.1 Å². The molecule has 2 fully saturated rings. The minimum atomic E-state index is -0.346. The lowest BCUT2D eigenvalue weighted by atomic mass is 9.57. The van der Waals surface area contributed by atoms with E-state index in [1.165, 1.54) is 11.1 Å². The van der Waals surface area contributed by atoms with Crippen molar-refractivity contribution < 1.29 is 0 Å². The number of para-hydroxylation sites is 4. The summed E-state index contributed by atoms with van der Waals surface area (Å²) in [5, 5.41) is 1.51. The Balaban J connectivity index is 0.000000206. The van der Waals surface area contributed by atoms with Crippen LogP contribution >= 0.6 is 23.2 Å². The highest BCUT2D eigenvalue weighted by atomic mass is 35.5. The van der Waals surface area contributed by atoms with Crippen molar-refractivity contribution in [1.29, 1.82) is 0 Å². The number of imidazole rings is 2. The second-order valence-electron chi connectivity index (χ2n) is 27.2. The van der Waals surface area contributed by atoms with Crippen molar-refractivity contribution in [2.75, 3.05) is 0 Å². The average Bonchev–Trinajstić information content (AvgIpc) is 3.88. The number of fused-ring (bicyclic) bond motifs is 2. The van der Waals surface area contributed by atoms with Crippen LogP contribution in [0, 0.1) is 21.7 Å². The Morgan fingerprint density at radius 3 is 0.843 bits per heavy atom.